The number of rotatable bonds is 1. The van der Waals surface area contributed by atoms with Crippen LogP contribution in [0.4, 0.5) is 0 Å². The average molecular weight is 214 g/mol. The van der Waals surface area contributed by atoms with Crippen molar-refractivity contribution in [3.8, 4) is 0 Å². The van der Waals surface area contributed by atoms with Gasteiger partial charge in [0.2, 0.25) is 0 Å². The lowest BCUT2D eigenvalue weighted by molar-refractivity contribution is 0.0493. The smallest absolute Gasteiger partial charge is 0.0281 e. The van der Waals surface area contributed by atoms with Gasteiger partial charge in [-0.3, -0.25) is 4.90 Å². The van der Waals surface area contributed by atoms with E-state index in [9.17, 15) is 0 Å². The fourth-order valence-corrected chi connectivity index (χ4v) is 3.80. The van der Waals surface area contributed by atoms with E-state index in [1.54, 1.807) is 0 Å². The third-order valence-corrected chi connectivity index (χ3v) is 4.64. The van der Waals surface area contributed by atoms with Crippen LogP contribution in [0, 0.1) is 0 Å². The first kappa shape index (κ1) is 10.8. The first-order valence-corrected chi connectivity index (χ1v) is 6.91. The summed E-state index contributed by atoms with van der Waals surface area (Å²) in [5, 5.41) is 3.50. The molecule has 14 heavy (non-hydrogen) atoms. The highest BCUT2D eigenvalue weighted by Crippen LogP contribution is 2.27. The van der Waals surface area contributed by atoms with E-state index in [-0.39, 0.29) is 0 Å². The zero-order valence-corrected chi connectivity index (χ0v) is 10.2. The van der Waals surface area contributed by atoms with E-state index in [1.165, 1.54) is 37.4 Å². The van der Waals surface area contributed by atoms with Crippen LogP contribution in [0.2, 0.25) is 0 Å². The maximum atomic E-state index is 3.50. The predicted molar refractivity (Wildman–Crippen MR) is 64.0 cm³/mol. The van der Waals surface area contributed by atoms with Gasteiger partial charge in [-0.2, -0.15) is 11.8 Å². The van der Waals surface area contributed by atoms with Gasteiger partial charge >= 0.3 is 0 Å². The number of hydrogen-bond acceptors (Lipinski definition) is 3. The first-order chi connectivity index (χ1) is 6.70. The van der Waals surface area contributed by atoms with Crippen molar-refractivity contribution in [1.29, 1.82) is 0 Å². The Bertz CT molecular complexity index is 188. The Morgan fingerprint density at radius 1 is 1.43 bits per heavy atom. The lowest BCUT2D eigenvalue weighted by Crippen LogP contribution is -2.62. The summed E-state index contributed by atoms with van der Waals surface area (Å²) in [7, 11) is 0. The van der Waals surface area contributed by atoms with Gasteiger partial charge in [-0.05, 0) is 32.4 Å². The van der Waals surface area contributed by atoms with E-state index in [0.29, 0.717) is 5.54 Å². The lowest BCUT2D eigenvalue weighted by atomic mass is 9.96. The molecule has 0 saturated carbocycles. The highest BCUT2D eigenvalue weighted by molar-refractivity contribution is 7.99. The Balaban J connectivity index is 1.99. The van der Waals surface area contributed by atoms with E-state index in [4.69, 9.17) is 0 Å². The molecular weight excluding hydrogens is 192 g/mol. The largest absolute Gasteiger partial charge is 0.314 e. The zero-order chi connectivity index (χ0) is 10.0. The molecular formula is C11H22N2S. The van der Waals surface area contributed by atoms with Crippen LogP contribution in [0.5, 0.6) is 0 Å². The van der Waals surface area contributed by atoms with Gasteiger partial charge in [0.1, 0.15) is 0 Å². The quantitative estimate of drug-likeness (QED) is 0.713. The van der Waals surface area contributed by atoms with E-state index in [0.717, 1.165) is 12.6 Å². The second-order valence-corrected chi connectivity index (χ2v) is 6.20. The topological polar surface area (TPSA) is 15.3 Å². The molecule has 0 amide bonds. The highest BCUT2D eigenvalue weighted by atomic mass is 32.2. The molecule has 0 aromatic heterocycles. The normalized spacial score (nSPS) is 34.3. The average Bonchev–Trinajstić information content (AvgIpc) is 2.18. The fourth-order valence-electron chi connectivity index (χ4n) is 2.64. The predicted octanol–water partition coefficient (Wildman–Crippen LogP) is 1.57. The number of piperazine rings is 1. The highest BCUT2D eigenvalue weighted by Gasteiger charge is 2.34. The van der Waals surface area contributed by atoms with Crippen LogP contribution in [0.1, 0.15) is 26.7 Å². The minimum atomic E-state index is 0.362. The number of nitrogens with zero attached hydrogens (tertiary/aromatic N) is 1. The summed E-state index contributed by atoms with van der Waals surface area (Å²) >= 11 is 2.14. The van der Waals surface area contributed by atoms with Gasteiger partial charge in [-0.15, -0.1) is 0 Å². The minimum absolute atomic E-state index is 0.362. The maximum absolute atomic E-state index is 3.50. The molecule has 0 aromatic rings. The van der Waals surface area contributed by atoms with Crippen LogP contribution in [0.25, 0.3) is 0 Å². The molecule has 2 fully saturated rings. The third kappa shape index (κ3) is 2.26. The van der Waals surface area contributed by atoms with Crippen molar-refractivity contribution in [2.45, 2.75) is 38.3 Å². The van der Waals surface area contributed by atoms with Crippen LogP contribution < -0.4 is 5.32 Å². The van der Waals surface area contributed by atoms with Gasteiger partial charge in [0, 0.05) is 37.0 Å². The summed E-state index contributed by atoms with van der Waals surface area (Å²) in [6.07, 6.45) is 2.83. The van der Waals surface area contributed by atoms with Gasteiger partial charge < -0.3 is 5.32 Å². The van der Waals surface area contributed by atoms with Crippen molar-refractivity contribution >= 4 is 11.8 Å². The van der Waals surface area contributed by atoms with E-state index in [2.05, 4.69) is 35.8 Å². The molecule has 2 aliphatic heterocycles. The minimum Gasteiger partial charge on any atom is -0.314 e. The van der Waals surface area contributed by atoms with Gasteiger partial charge in [0.15, 0.2) is 0 Å². The summed E-state index contributed by atoms with van der Waals surface area (Å²) in [5.74, 6) is 2.73. The van der Waals surface area contributed by atoms with E-state index < -0.39 is 0 Å². The Morgan fingerprint density at radius 3 is 2.93 bits per heavy atom. The Kier molecular flexibility index (Phi) is 3.40. The van der Waals surface area contributed by atoms with E-state index in [1.807, 2.05) is 0 Å². The molecule has 2 heterocycles. The summed E-state index contributed by atoms with van der Waals surface area (Å²) in [4.78, 5) is 2.73. The molecule has 0 bridgehead atoms. The van der Waals surface area contributed by atoms with Crippen molar-refractivity contribution in [3.63, 3.8) is 0 Å². The molecule has 1 N–H and O–H groups in total. The molecule has 0 spiro atoms. The third-order valence-electron chi connectivity index (χ3n) is 3.44. The van der Waals surface area contributed by atoms with Gasteiger partial charge in [0.25, 0.3) is 0 Å². The maximum Gasteiger partial charge on any atom is 0.0281 e. The van der Waals surface area contributed by atoms with Crippen molar-refractivity contribution in [2.24, 2.45) is 0 Å². The molecule has 3 heteroatoms. The van der Waals surface area contributed by atoms with Gasteiger partial charge in [-0.25, -0.2) is 0 Å². The summed E-state index contributed by atoms with van der Waals surface area (Å²) in [5.41, 5.74) is 0.362. The molecule has 1 atom stereocenters. The molecule has 2 aliphatic rings. The molecule has 2 saturated heterocycles. The number of hydrogen-bond donors (Lipinski definition) is 1. The molecule has 0 aromatic carbocycles. The number of nitrogens with one attached hydrogen (secondary N) is 1. The van der Waals surface area contributed by atoms with Crippen molar-refractivity contribution in [2.75, 3.05) is 31.1 Å². The molecule has 0 radical (unpaired) electrons. The van der Waals surface area contributed by atoms with Crippen molar-refractivity contribution in [3.05, 3.63) is 0 Å². The van der Waals surface area contributed by atoms with Crippen molar-refractivity contribution < 1.29 is 0 Å². The summed E-state index contributed by atoms with van der Waals surface area (Å²) < 4.78 is 0. The van der Waals surface area contributed by atoms with Gasteiger partial charge in [-0.1, -0.05) is 0 Å². The van der Waals surface area contributed by atoms with Crippen LogP contribution in [0.3, 0.4) is 0 Å². The second-order valence-electron chi connectivity index (χ2n) is 5.05. The van der Waals surface area contributed by atoms with Crippen LogP contribution >= 0.6 is 11.8 Å². The molecule has 2 rings (SSSR count). The SMILES string of the molecule is CC1(C)CNCCN1C1CCCSC1. The Morgan fingerprint density at radius 2 is 2.29 bits per heavy atom. The van der Waals surface area contributed by atoms with Crippen LogP contribution in [0.15, 0.2) is 0 Å². The fraction of sp³-hybridized carbons (Fsp3) is 1.00. The molecule has 82 valence electrons. The van der Waals surface area contributed by atoms with Crippen LogP contribution in [-0.2, 0) is 0 Å². The lowest BCUT2D eigenvalue weighted by Gasteiger charge is -2.48. The second kappa shape index (κ2) is 4.42. The zero-order valence-electron chi connectivity index (χ0n) is 9.38. The van der Waals surface area contributed by atoms with Gasteiger partial charge in [0.05, 0.1) is 0 Å². The van der Waals surface area contributed by atoms with Crippen molar-refractivity contribution in [1.82, 2.24) is 10.2 Å². The first-order valence-electron chi connectivity index (χ1n) is 5.75. The molecule has 2 nitrogen and oxygen atoms in total. The van der Waals surface area contributed by atoms with Crippen LogP contribution in [-0.4, -0.2) is 47.6 Å². The summed E-state index contributed by atoms with van der Waals surface area (Å²) in [6, 6.07) is 0.839. The molecule has 0 aliphatic carbocycles. The summed E-state index contributed by atoms with van der Waals surface area (Å²) in [6.45, 7) is 8.30. The standard InChI is InChI=1S/C11H22N2S/c1-11(2)9-12-5-6-13(11)10-4-3-7-14-8-10/h10,12H,3-9H2,1-2H3. The Hall–Kier alpha value is 0.270. The monoisotopic (exact) mass is 214 g/mol. The number of thioether (sulfide) groups is 1. The molecule has 1 unspecified atom stereocenters. The Labute approximate surface area is 91.8 Å². The van der Waals surface area contributed by atoms with E-state index >= 15 is 0 Å².